The van der Waals surface area contributed by atoms with E-state index in [1.54, 1.807) is 58.0 Å². The second kappa shape index (κ2) is 38.4. The van der Waals surface area contributed by atoms with Crippen LogP contribution in [0, 0.1) is 11.8 Å². The van der Waals surface area contributed by atoms with Crippen LogP contribution in [-0.4, -0.2) is 180 Å². The van der Waals surface area contributed by atoms with Crippen LogP contribution in [0.3, 0.4) is 0 Å². The van der Waals surface area contributed by atoms with Gasteiger partial charge in [-0.05, 0) is 88.3 Å². The fraction of sp³-hybridized carbons (Fsp3) is 0.640. The molecule has 0 unspecified atom stereocenters. The molecule has 16 N–H and O–H groups in total. The van der Waals surface area contributed by atoms with Crippen molar-refractivity contribution >= 4 is 108 Å². The monoisotopic (exact) mass is 1170 g/mol. The van der Waals surface area contributed by atoms with Gasteiger partial charge in [-0.15, -0.1) is 0 Å². The van der Waals surface area contributed by atoms with Crippen molar-refractivity contribution < 1.29 is 62.6 Å². The molecule has 11 amide bonds. The van der Waals surface area contributed by atoms with Crippen LogP contribution in [0.2, 0.25) is 0 Å². The first-order chi connectivity index (χ1) is 37.3. The van der Waals surface area contributed by atoms with E-state index >= 15 is 0 Å². The Morgan fingerprint density at radius 1 is 0.506 bits per heavy atom. The zero-order valence-electron chi connectivity index (χ0n) is 45.9. The topological polar surface area (TPSA) is 409 Å². The predicted molar refractivity (Wildman–Crippen MR) is 304 cm³/mol. The van der Waals surface area contributed by atoms with E-state index in [9.17, 15) is 62.6 Å². The van der Waals surface area contributed by atoms with Crippen LogP contribution in [0.15, 0.2) is 30.3 Å². The summed E-state index contributed by atoms with van der Waals surface area (Å²) in [5, 5.41) is 36.9. The van der Waals surface area contributed by atoms with Crippen molar-refractivity contribution in [2.75, 3.05) is 49.7 Å². The summed E-state index contributed by atoms with van der Waals surface area (Å²) in [6.45, 7) is 8.50. The Balaban J connectivity index is 3.05. The number of carbonyl (C=O) groups excluding carboxylic acids is 11. The zero-order chi connectivity index (χ0) is 59.8. The first-order valence-corrected chi connectivity index (χ1v) is 28.6. The molecule has 0 fully saturated rings. The van der Waals surface area contributed by atoms with Gasteiger partial charge in [0, 0.05) is 17.9 Å². The molecule has 0 aliphatic carbocycles. The smallest absolute Gasteiger partial charge is 0.326 e. The van der Waals surface area contributed by atoms with Gasteiger partial charge in [0.25, 0.3) is 0 Å². The third-order valence-corrected chi connectivity index (χ3v) is 12.9. The van der Waals surface area contributed by atoms with E-state index in [1.807, 2.05) is 6.26 Å². The van der Waals surface area contributed by atoms with Crippen LogP contribution in [0.1, 0.15) is 85.6 Å². The zero-order valence-corrected chi connectivity index (χ0v) is 48.5. The number of amides is 11. The summed E-state index contributed by atoms with van der Waals surface area (Å²) in [6, 6.07) is -1.99. The van der Waals surface area contributed by atoms with E-state index in [0.717, 1.165) is 0 Å². The summed E-state index contributed by atoms with van der Waals surface area (Å²) >= 11 is 9.88. The van der Waals surface area contributed by atoms with Crippen LogP contribution in [0.25, 0.3) is 0 Å². The molecule has 0 bridgehead atoms. The lowest BCUT2D eigenvalue weighted by Crippen LogP contribution is -2.60. The molecule has 0 saturated carbocycles. The summed E-state index contributed by atoms with van der Waals surface area (Å²) < 4.78 is 0. The number of rotatable bonds is 38. The van der Waals surface area contributed by atoms with Gasteiger partial charge in [-0.25, -0.2) is 4.79 Å². The Labute approximate surface area is 476 Å². The second-order valence-electron chi connectivity index (χ2n) is 19.5. The molecule has 9 atom stereocenters. The fourth-order valence-corrected chi connectivity index (χ4v) is 8.21. The van der Waals surface area contributed by atoms with Crippen LogP contribution in [0.4, 0.5) is 0 Å². The first-order valence-electron chi connectivity index (χ1n) is 25.9. The number of aliphatic carboxylic acids is 1. The molecule has 0 aromatic heterocycles. The number of benzene rings is 1. The molecule has 26 nitrogen and oxygen atoms in total. The Hall–Kier alpha value is -6.17. The highest BCUT2D eigenvalue weighted by molar-refractivity contribution is 7.98. The highest BCUT2D eigenvalue weighted by atomic mass is 32.2. The maximum atomic E-state index is 14.0. The lowest BCUT2D eigenvalue weighted by molar-refractivity contribution is -0.142. The van der Waals surface area contributed by atoms with Crippen molar-refractivity contribution in [2.45, 2.75) is 141 Å². The molecule has 444 valence electrons. The van der Waals surface area contributed by atoms with Gasteiger partial charge >= 0.3 is 5.97 Å². The van der Waals surface area contributed by atoms with Crippen molar-refractivity contribution in [3.63, 3.8) is 0 Å². The third kappa shape index (κ3) is 29.0. The summed E-state index contributed by atoms with van der Waals surface area (Å²) in [5.74, 6) is -9.79. The Morgan fingerprint density at radius 2 is 0.949 bits per heavy atom. The average molecular weight is 1170 g/mol. The lowest BCUT2D eigenvalue weighted by Gasteiger charge is -2.27. The van der Waals surface area contributed by atoms with Crippen LogP contribution in [-0.2, 0) is 64.0 Å². The van der Waals surface area contributed by atoms with E-state index in [2.05, 4.69) is 83.7 Å². The molecule has 0 heterocycles. The highest BCUT2D eigenvalue weighted by Crippen LogP contribution is 2.11. The number of hydrogen-bond acceptors (Lipinski definition) is 17. The van der Waals surface area contributed by atoms with Crippen LogP contribution in [0.5, 0.6) is 0 Å². The maximum absolute atomic E-state index is 14.0. The number of nitrogens with one attached hydrogen (secondary N) is 11. The van der Waals surface area contributed by atoms with E-state index in [0.29, 0.717) is 30.7 Å². The Morgan fingerprint density at radius 3 is 1.46 bits per heavy atom. The number of hydrogen-bond donors (Lipinski definition) is 16. The second-order valence-corrected chi connectivity index (χ2v) is 21.2. The molecule has 0 spiro atoms. The quantitative estimate of drug-likeness (QED) is 0.0228. The number of carboxylic acids is 1. The average Bonchev–Trinajstić information content (AvgIpc) is 3.39. The van der Waals surface area contributed by atoms with Crippen molar-refractivity contribution in [1.82, 2.24) is 58.5 Å². The summed E-state index contributed by atoms with van der Waals surface area (Å²) in [7, 11) is 0. The van der Waals surface area contributed by atoms with Gasteiger partial charge in [-0.3, -0.25) is 52.7 Å². The molecule has 1 rings (SSSR count). The molecule has 0 saturated heterocycles. The van der Waals surface area contributed by atoms with Gasteiger partial charge in [0.05, 0.1) is 25.7 Å². The van der Waals surface area contributed by atoms with Crippen molar-refractivity contribution in [3.05, 3.63) is 35.9 Å². The van der Waals surface area contributed by atoms with Gasteiger partial charge < -0.3 is 75.1 Å². The third-order valence-electron chi connectivity index (χ3n) is 11.5. The largest absolute Gasteiger partial charge is 0.480 e. The predicted octanol–water partition coefficient (Wildman–Crippen LogP) is -3.26. The molecule has 1 aromatic rings. The lowest BCUT2D eigenvalue weighted by atomic mass is 10.0. The summed E-state index contributed by atoms with van der Waals surface area (Å²) in [5.41, 5.74) is 11.7. The molecule has 29 heteroatoms. The molecular formula is C50H83N13O13S3. The number of thioether (sulfide) groups is 1. The summed E-state index contributed by atoms with van der Waals surface area (Å²) in [6.07, 6.45) is 3.34. The molecular weight excluding hydrogens is 1090 g/mol. The number of carbonyl (C=O) groups is 12. The SMILES string of the molecule is CSCC[C@H](NC(=O)[C@H](C)N)C(=O)N[C@@H](CS)C(=O)NCC(=O)N[C@@H](C)C(=O)N[C@@H](CC(C)C)C(=O)N[C@@H](CS)C(=O)N[C@@H](CC(C)C)C(=O)N[C@@H](Cc1ccccc1)C(=O)NCC(=O)NCC(=O)N[C@@H](CCCCN)C(=O)O. The minimum Gasteiger partial charge on any atom is -0.480 e. The van der Waals surface area contributed by atoms with Crippen LogP contribution < -0.4 is 70.0 Å². The maximum Gasteiger partial charge on any atom is 0.326 e. The fourth-order valence-electron chi connectivity index (χ4n) is 7.22. The van der Waals surface area contributed by atoms with Crippen molar-refractivity contribution in [3.8, 4) is 0 Å². The van der Waals surface area contributed by atoms with E-state index in [4.69, 9.17) is 11.5 Å². The molecule has 0 aliphatic rings. The standard InChI is InChI=1S/C50H83N13O13S3/c1-27(2)19-34(59-43(68)30(6)56-40(65)24-55-45(70)37(25-77)62-46(71)32(16-18-79-7)58-42(67)29(5)52)48(73)63-38(26-78)49(74)60-35(20-28(3)4)47(72)61-36(21-31-13-9-8-10-14-31)44(69)54-22-39(64)53-23-41(66)57-33(50(75)76)15-11-12-17-51/h8-10,13-14,27-30,32-38,77-78H,11-12,15-26,51-52H2,1-7H3,(H,53,64)(H,54,69)(H,55,70)(H,56,65)(H,57,66)(H,58,67)(H,59,68)(H,60,74)(H,61,72)(H,62,71)(H,63,73)(H,75,76)/t29-,30-,32-,33-,34-,35-,36-,37-,38-/m0/s1. The van der Waals surface area contributed by atoms with Gasteiger partial charge in [-0.1, -0.05) is 58.0 Å². The Kier molecular flexibility index (Phi) is 34.5. The van der Waals surface area contributed by atoms with E-state index < -0.39 is 145 Å². The number of nitrogens with two attached hydrogens (primary N) is 2. The molecule has 0 radical (unpaired) electrons. The van der Waals surface area contributed by atoms with Crippen molar-refractivity contribution in [2.24, 2.45) is 23.3 Å². The van der Waals surface area contributed by atoms with Gasteiger partial charge in [-0.2, -0.15) is 37.0 Å². The normalized spacial score (nSPS) is 14.4. The Bertz CT molecular complexity index is 2200. The van der Waals surface area contributed by atoms with E-state index in [-0.39, 0.29) is 55.4 Å². The number of carboxylic acid groups (broad SMARTS) is 1. The minimum absolute atomic E-state index is 0.0423. The molecule has 0 aliphatic heterocycles. The summed E-state index contributed by atoms with van der Waals surface area (Å²) in [4.78, 5) is 157. The van der Waals surface area contributed by atoms with Crippen molar-refractivity contribution in [1.29, 1.82) is 0 Å². The molecule has 1 aromatic carbocycles. The number of unbranched alkanes of at least 4 members (excludes halogenated alkanes) is 1. The first kappa shape index (κ1) is 70.8. The van der Waals surface area contributed by atoms with Gasteiger partial charge in [0.2, 0.25) is 65.0 Å². The van der Waals surface area contributed by atoms with Gasteiger partial charge in [0.1, 0.15) is 48.3 Å². The van der Waals surface area contributed by atoms with Crippen LogP contribution >= 0.6 is 37.0 Å². The minimum atomic E-state index is -1.35. The number of thiol groups is 2. The highest BCUT2D eigenvalue weighted by Gasteiger charge is 2.33. The van der Waals surface area contributed by atoms with E-state index in [1.165, 1.54) is 25.6 Å². The van der Waals surface area contributed by atoms with Gasteiger partial charge in [0.15, 0.2) is 0 Å². The molecule has 79 heavy (non-hydrogen) atoms.